The number of pyridine rings is 1. The molecule has 146 valence electrons. The number of esters is 1. The minimum absolute atomic E-state index is 0.145. The second-order valence-corrected chi connectivity index (χ2v) is 6.60. The van der Waals surface area contributed by atoms with Crippen molar-refractivity contribution in [2.24, 2.45) is 0 Å². The summed E-state index contributed by atoms with van der Waals surface area (Å²) < 4.78 is 10.9. The molecule has 1 amide bonds. The van der Waals surface area contributed by atoms with Gasteiger partial charge in [0.15, 0.2) is 0 Å². The zero-order valence-corrected chi connectivity index (χ0v) is 16.0. The van der Waals surface area contributed by atoms with Gasteiger partial charge in [-0.15, -0.1) is 0 Å². The molecule has 0 aliphatic carbocycles. The zero-order chi connectivity index (χ0) is 20.2. The van der Waals surface area contributed by atoms with Crippen LogP contribution in [-0.4, -0.2) is 30.0 Å². The van der Waals surface area contributed by atoms with Crippen molar-refractivity contribution in [1.29, 1.82) is 0 Å². The van der Waals surface area contributed by atoms with Gasteiger partial charge in [0.05, 0.1) is 13.0 Å². The van der Waals surface area contributed by atoms with Crippen LogP contribution in [0.15, 0.2) is 71.4 Å². The van der Waals surface area contributed by atoms with Crippen LogP contribution in [0.4, 0.5) is 5.69 Å². The van der Waals surface area contributed by atoms with Crippen LogP contribution in [-0.2, 0) is 20.7 Å². The van der Waals surface area contributed by atoms with Gasteiger partial charge in [-0.3, -0.25) is 14.6 Å². The minimum atomic E-state index is -0.450. The van der Waals surface area contributed by atoms with Crippen LogP contribution in [0.1, 0.15) is 12.5 Å². The topological polar surface area (TPSA) is 72.6 Å². The zero-order valence-electron chi connectivity index (χ0n) is 16.0. The van der Waals surface area contributed by atoms with Crippen LogP contribution < -0.4 is 4.90 Å². The lowest BCUT2D eigenvalue weighted by Crippen LogP contribution is -2.37. The Hall–Kier alpha value is -3.67. The van der Waals surface area contributed by atoms with E-state index in [2.05, 4.69) is 4.98 Å². The predicted molar refractivity (Wildman–Crippen MR) is 111 cm³/mol. The fourth-order valence-corrected chi connectivity index (χ4v) is 3.34. The van der Waals surface area contributed by atoms with Gasteiger partial charge in [0.2, 0.25) is 5.91 Å². The van der Waals surface area contributed by atoms with Crippen LogP contribution in [0.5, 0.6) is 0 Å². The number of fused-ring (bicyclic) bond motifs is 3. The average Bonchev–Trinajstić information content (AvgIpc) is 3.11. The van der Waals surface area contributed by atoms with E-state index in [9.17, 15) is 9.59 Å². The van der Waals surface area contributed by atoms with E-state index in [0.29, 0.717) is 5.69 Å². The standard InChI is InChI=1S/C23H20N2O4/c1-2-28-23(27)15-25(17-9-11-24-12-10-17)22(26)14-16-7-8-21-19(13-16)18-5-3-4-6-20(18)29-21/h3-13H,2,14-15H2,1H3. The third-order valence-electron chi connectivity index (χ3n) is 4.66. The first-order valence-corrected chi connectivity index (χ1v) is 9.42. The van der Waals surface area contributed by atoms with Gasteiger partial charge in [0.1, 0.15) is 17.7 Å². The van der Waals surface area contributed by atoms with E-state index < -0.39 is 5.97 Å². The molecule has 0 saturated heterocycles. The summed E-state index contributed by atoms with van der Waals surface area (Å²) in [6, 6.07) is 16.9. The van der Waals surface area contributed by atoms with E-state index in [-0.39, 0.29) is 25.5 Å². The Kier molecular flexibility index (Phi) is 5.24. The molecule has 0 radical (unpaired) electrons. The molecule has 6 heteroatoms. The van der Waals surface area contributed by atoms with Crippen molar-refractivity contribution in [3.05, 3.63) is 72.6 Å². The number of aromatic nitrogens is 1. The summed E-state index contributed by atoms with van der Waals surface area (Å²) in [5.41, 5.74) is 3.04. The molecular weight excluding hydrogens is 368 g/mol. The van der Waals surface area contributed by atoms with Gasteiger partial charge < -0.3 is 14.1 Å². The molecule has 0 aliphatic rings. The summed E-state index contributed by atoms with van der Waals surface area (Å²) in [6.45, 7) is 1.86. The Morgan fingerprint density at radius 1 is 1.00 bits per heavy atom. The third kappa shape index (κ3) is 3.96. The Morgan fingerprint density at radius 3 is 2.55 bits per heavy atom. The molecule has 0 fully saturated rings. The summed E-state index contributed by atoms with van der Waals surface area (Å²) in [5.74, 6) is -0.648. The van der Waals surface area contributed by atoms with E-state index in [1.807, 2.05) is 42.5 Å². The smallest absolute Gasteiger partial charge is 0.326 e. The molecule has 0 bridgehead atoms. The second kappa shape index (κ2) is 8.14. The second-order valence-electron chi connectivity index (χ2n) is 6.60. The van der Waals surface area contributed by atoms with Crippen molar-refractivity contribution in [3.63, 3.8) is 0 Å². The highest BCUT2D eigenvalue weighted by Gasteiger charge is 2.20. The first-order valence-electron chi connectivity index (χ1n) is 9.42. The minimum Gasteiger partial charge on any atom is -0.465 e. The van der Waals surface area contributed by atoms with E-state index in [1.165, 1.54) is 4.90 Å². The average molecular weight is 388 g/mol. The van der Waals surface area contributed by atoms with Gasteiger partial charge in [-0.25, -0.2) is 0 Å². The maximum Gasteiger partial charge on any atom is 0.326 e. The van der Waals surface area contributed by atoms with Crippen molar-refractivity contribution >= 4 is 39.5 Å². The number of furan rings is 1. The molecule has 2 aromatic carbocycles. The molecule has 0 saturated carbocycles. The molecule has 29 heavy (non-hydrogen) atoms. The molecule has 0 unspecified atom stereocenters. The largest absolute Gasteiger partial charge is 0.465 e. The van der Waals surface area contributed by atoms with Gasteiger partial charge >= 0.3 is 5.97 Å². The SMILES string of the molecule is CCOC(=O)CN(C(=O)Cc1ccc2oc3ccccc3c2c1)c1ccncc1. The number of para-hydroxylation sites is 1. The van der Waals surface area contributed by atoms with Crippen LogP contribution >= 0.6 is 0 Å². The molecule has 6 nitrogen and oxygen atoms in total. The summed E-state index contributed by atoms with van der Waals surface area (Å²) in [6.07, 6.45) is 3.33. The predicted octanol–water partition coefficient (Wildman–Crippen LogP) is 4.12. The van der Waals surface area contributed by atoms with Gasteiger partial charge in [-0.1, -0.05) is 24.3 Å². The van der Waals surface area contributed by atoms with E-state index >= 15 is 0 Å². The number of carbonyl (C=O) groups is 2. The molecule has 0 atom stereocenters. The first kappa shape index (κ1) is 18.7. The molecule has 0 spiro atoms. The maximum absolute atomic E-state index is 13.1. The van der Waals surface area contributed by atoms with Gasteiger partial charge in [-0.2, -0.15) is 0 Å². The number of benzene rings is 2. The highest BCUT2D eigenvalue weighted by molar-refractivity contribution is 6.05. The van der Waals surface area contributed by atoms with Crippen LogP contribution in [0, 0.1) is 0 Å². The molecule has 4 rings (SSSR count). The number of carbonyl (C=O) groups excluding carboxylic acids is 2. The van der Waals surface area contributed by atoms with Crippen molar-refractivity contribution in [1.82, 2.24) is 4.98 Å². The number of anilines is 1. The van der Waals surface area contributed by atoms with Crippen LogP contribution in [0.25, 0.3) is 21.9 Å². The number of nitrogens with zero attached hydrogens (tertiary/aromatic N) is 2. The summed E-state index contributed by atoms with van der Waals surface area (Å²) >= 11 is 0. The summed E-state index contributed by atoms with van der Waals surface area (Å²) in [7, 11) is 0. The first-order chi connectivity index (χ1) is 14.2. The van der Waals surface area contributed by atoms with Crippen molar-refractivity contribution in [3.8, 4) is 0 Å². The highest BCUT2D eigenvalue weighted by Crippen LogP contribution is 2.29. The summed E-state index contributed by atoms with van der Waals surface area (Å²) in [5, 5.41) is 1.97. The quantitative estimate of drug-likeness (QED) is 0.465. The lowest BCUT2D eigenvalue weighted by atomic mass is 10.1. The van der Waals surface area contributed by atoms with Gasteiger partial charge in [-0.05, 0) is 42.8 Å². The van der Waals surface area contributed by atoms with Crippen molar-refractivity contribution in [2.75, 3.05) is 18.1 Å². The molecular formula is C23H20N2O4. The molecule has 2 aromatic heterocycles. The van der Waals surface area contributed by atoms with E-state index in [4.69, 9.17) is 9.15 Å². The van der Waals surface area contributed by atoms with Crippen LogP contribution in [0.2, 0.25) is 0 Å². The van der Waals surface area contributed by atoms with E-state index in [0.717, 1.165) is 27.5 Å². The van der Waals surface area contributed by atoms with Crippen LogP contribution in [0.3, 0.4) is 0 Å². The Bertz CT molecular complexity index is 1170. The maximum atomic E-state index is 13.1. The molecule has 2 heterocycles. The fourth-order valence-electron chi connectivity index (χ4n) is 3.34. The van der Waals surface area contributed by atoms with Crippen molar-refractivity contribution in [2.45, 2.75) is 13.3 Å². The molecule has 0 aliphatic heterocycles. The molecule has 4 aromatic rings. The van der Waals surface area contributed by atoms with Crippen molar-refractivity contribution < 1.29 is 18.7 Å². The lowest BCUT2D eigenvalue weighted by molar-refractivity contribution is -0.142. The number of ether oxygens (including phenoxy) is 1. The van der Waals surface area contributed by atoms with Gasteiger partial charge in [0.25, 0.3) is 0 Å². The molecule has 0 N–H and O–H groups in total. The Morgan fingerprint density at radius 2 is 1.76 bits per heavy atom. The Balaban J connectivity index is 1.62. The van der Waals surface area contributed by atoms with E-state index in [1.54, 1.807) is 31.5 Å². The normalized spacial score (nSPS) is 10.9. The summed E-state index contributed by atoms with van der Waals surface area (Å²) in [4.78, 5) is 30.5. The fraction of sp³-hybridized carbons (Fsp3) is 0.174. The lowest BCUT2D eigenvalue weighted by Gasteiger charge is -2.21. The number of amides is 1. The third-order valence-corrected chi connectivity index (χ3v) is 4.66. The monoisotopic (exact) mass is 388 g/mol. The number of hydrogen-bond donors (Lipinski definition) is 0. The Labute approximate surface area is 167 Å². The highest BCUT2D eigenvalue weighted by atomic mass is 16.5. The number of hydrogen-bond acceptors (Lipinski definition) is 5. The van der Waals surface area contributed by atoms with Gasteiger partial charge in [0, 0.05) is 28.9 Å². The number of rotatable bonds is 6.